The van der Waals surface area contributed by atoms with E-state index < -0.39 is 23.8 Å². The highest BCUT2D eigenvalue weighted by atomic mass is 16.5. The van der Waals surface area contributed by atoms with E-state index in [2.05, 4.69) is 0 Å². The van der Waals surface area contributed by atoms with Crippen LogP contribution in [0.15, 0.2) is 18.2 Å². The summed E-state index contributed by atoms with van der Waals surface area (Å²) in [5.74, 6) is -1.48. The predicted molar refractivity (Wildman–Crippen MR) is 77.0 cm³/mol. The van der Waals surface area contributed by atoms with Gasteiger partial charge in [0, 0.05) is 16.7 Å². The van der Waals surface area contributed by atoms with Crippen LogP contribution >= 0.6 is 0 Å². The minimum absolute atomic E-state index is 0.0143. The van der Waals surface area contributed by atoms with Gasteiger partial charge in [0.15, 0.2) is 6.61 Å². The number of amidine groups is 1. The molecule has 0 bridgehead atoms. The molecule has 0 heterocycles. The number of benzene rings is 1. The second-order valence-corrected chi connectivity index (χ2v) is 5.49. The van der Waals surface area contributed by atoms with E-state index in [1.165, 1.54) is 18.2 Å². The number of rotatable bonds is 5. The number of hydrogen-bond donors (Lipinski definition) is 2. The van der Waals surface area contributed by atoms with Crippen LogP contribution in [0.25, 0.3) is 0 Å². The van der Waals surface area contributed by atoms with Crippen LogP contribution in [0.4, 0.5) is 0 Å². The van der Waals surface area contributed by atoms with E-state index in [1.807, 2.05) is 0 Å². The van der Waals surface area contributed by atoms with E-state index in [-0.39, 0.29) is 22.5 Å². The van der Waals surface area contributed by atoms with Gasteiger partial charge in [-0.05, 0) is 20.8 Å². The molecule has 6 heteroatoms. The molecule has 3 N–H and O–H groups in total. The van der Waals surface area contributed by atoms with Gasteiger partial charge < -0.3 is 10.5 Å². The van der Waals surface area contributed by atoms with E-state index in [1.54, 1.807) is 27.1 Å². The Hall–Kier alpha value is -2.50. The maximum Gasteiger partial charge on any atom is 0.311 e. The highest BCUT2D eigenvalue weighted by Gasteiger charge is 2.25. The van der Waals surface area contributed by atoms with Crippen molar-refractivity contribution in [1.29, 1.82) is 5.41 Å². The van der Waals surface area contributed by atoms with Gasteiger partial charge in [0.25, 0.3) is 0 Å². The molecule has 0 aliphatic carbocycles. The molecule has 1 rings (SSSR count). The average molecular weight is 289 g/mol. The van der Waals surface area contributed by atoms with Crippen molar-refractivity contribution in [3.05, 3.63) is 34.9 Å². The molecule has 0 fully saturated rings. The number of nitrogens with two attached hydrogens (primary N) is 1. The summed E-state index contributed by atoms with van der Waals surface area (Å²) >= 11 is 0. The van der Waals surface area contributed by atoms with Crippen molar-refractivity contribution in [2.24, 2.45) is 11.1 Å². The first kappa shape index (κ1) is 16.6. The van der Waals surface area contributed by atoms with E-state index >= 15 is 0 Å². The fourth-order valence-electron chi connectivity index (χ4n) is 1.58. The fraction of sp³-hybridized carbons (Fsp3) is 0.333. The highest BCUT2D eigenvalue weighted by Crippen LogP contribution is 2.17. The maximum atomic E-state index is 12.2. The number of nitrogens with one attached hydrogen (secondary N) is 1. The lowest BCUT2D eigenvalue weighted by molar-refractivity contribution is -0.151. The van der Waals surface area contributed by atoms with Gasteiger partial charge in [0.05, 0.1) is 5.41 Å². The second kappa shape index (κ2) is 6.30. The van der Waals surface area contributed by atoms with Gasteiger partial charge in [-0.2, -0.15) is 0 Å². The summed E-state index contributed by atoms with van der Waals surface area (Å²) in [7, 11) is 0. The lowest BCUT2D eigenvalue weighted by atomic mass is 9.96. The maximum absolute atomic E-state index is 12.2. The summed E-state index contributed by atoms with van der Waals surface area (Å²) in [6.07, 6.45) is 1.63. The number of hydrogen-bond acceptors (Lipinski definition) is 5. The first-order valence-electron chi connectivity index (χ1n) is 6.24. The third-order valence-electron chi connectivity index (χ3n) is 2.69. The zero-order valence-electron chi connectivity index (χ0n) is 12.1. The molecular weight excluding hydrogens is 272 g/mol. The largest absolute Gasteiger partial charge is 0.457 e. The number of Topliss-reactive ketones (excluding diaryl/α,β-unsaturated/α-hetero) is 1. The van der Waals surface area contributed by atoms with Crippen molar-refractivity contribution in [3.63, 3.8) is 0 Å². The molecule has 21 heavy (non-hydrogen) atoms. The standard InChI is InChI=1S/C15H17N2O4/c1-15(2,3)14(20)21-8-11(19)12-9(7-18)5-4-6-10(12)13(16)17/h4-6H,8H2,1-3H3,(H3,16,17). The van der Waals surface area contributed by atoms with Crippen LogP contribution < -0.4 is 5.73 Å². The molecule has 0 aliphatic rings. The van der Waals surface area contributed by atoms with Crippen molar-refractivity contribution in [2.75, 3.05) is 6.61 Å². The van der Waals surface area contributed by atoms with Gasteiger partial charge in [-0.3, -0.25) is 19.8 Å². The lowest BCUT2D eigenvalue weighted by Crippen LogP contribution is -2.27. The van der Waals surface area contributed by atoms with Gasteiger partial charge >= 0.3 is 5.97 Å². The van der Waals surface area contributed by atoms with Gasteiger partial charge in [-0.15, -0.1) is 0 Å². The van der Waals surface area contributed by atoms with Crippen LogP contribution in [-0.2, 0) is 14.3 Å². The Morgan fingerprint density at radius 2 is 1.95 bits per heavy atom. The first-order chi connectivity index (χ1) is 9.68. The number of nitrogen functional groups attached to an aromatic ring is 1. The van der Waals surface area contributed by atoms with Gasteiger partial charge in [-0.25, -0.2) is 0 Å². The van der Waals surface area contributed by atoms with E-state index in [4.69, 9.17) is 15.9 Å². The molecule has 0 aromatic heterocycles. The van der Waals surface area contributed by atoms with Crippen molar-refractivity contribution in [3.8, 4) is 0 Å². The molecule has 1 radical (unpaired) electrons. The average Bonchev–Trinajstić information content (AvgIpc) is 2.42. The van der Waals surface area contributed by atoms with E-state index in [0.29, 0.717) is 0 Å². The van der Waals surface area contributed by atoms with Gasteiger partial charge in [-0.1, -0.05) is 18.2 Å². The monoisotopic (exact) mass is 289 g/mol. The zero-order chi connectivity index (χ0) is 16.2. The second-order valence-electron chi connectivity index (χ2n) is 5.49. The molecule has 1 aromatic rings. The normalized spacial score (nSPS) is 10.8. The molecule has 0 spiro atoms. The molecule has 0 saturated heterocycles. The third-order valence-corrected chi connectivity index (χ3v) is 2.69. The number of carbonyl (C=O) groups excluding carboxylic acids is 3. The summed E-state index contributed by atoms with van der Waals surface area (Å²) in [5.41, 5.74) is 4.71. The zero-order valence-corrected chi connectivity index (χ0v) is 12.1. The van der Waals surface area contributed by atoms with Crippen LogP contribution in [0.1, 0.15) is 42.3 Å². The SMILES string of the molecule is CC(C)(C)C(=O)OCC(=O)c1c([C]=O)cccc1C(=N)N. The third kappa shape index (κ3) is 3.98. The predicted octanol–water partition coefficient (Wildman–Crippen LogP) is 1.20. The Balaban J connectivity index is 3.05. The van der Waals surface area contributed by atoms with Crippen LogP contribution in [0, 0.1) is 10.8 Å². The number of ketones is 1. The Kier molecular flexibility index (Phi) is 4.97. The Bertz CT molecular complexity index is 600. The molecule has 0 saturated carbocycles. The molecule has 6 nitrogen and oxygen atoms in total. The van der Waals surface area contributed by atoms with Gasteiger partial charge in [0.2, 0.25) is 12.1 Å². The molecule has 0 atom stereocenters. The summed E-state index contributed by atoms with van der Waals surface area (Å²) < 4.78 is 4.93. The Labute approximate surface area is 122 Å². The first-order valence-corrected chi connectivity index (χ1v) is 6.24. The van der Waals surface area contributed by atoms with Crippen LogP contribution in [0.2, 0.25) is 0 Å². The lowest BCUT2D eigenvalue weighted by Gasteiger charge is -2.16. The van der Waals surface area contributed by atoms with Crippen LogP contribution in [0.3, 0.4) is 0 Å². The number of ether oxygens (including phenoxy) is 1. The Morgan fingerprint density at radius 3 is 2.43 bits per heavy atom. The summed E-state index contributed by atoms with van der Waals surface area (Å²) in [6.45, 7) is 4.46. The number of carbonyl (C=O) groups is 2. The molecule has 111 valence electrons. The molecular formula is C15H17N2O4. The summed E-state index contributed by atoms with van der Waals surface area (Å²) in [4.78, 5) is 34.7. The minimum atomic E-state index is -0.736. The quantitative estimate of drug-likeness (QED) is 0.366. The van der Waals surface area contributed by atoms with Crippen LogP contribution in [-0.4, -0.2) is 30.5 Å². The van der Waals surface area contributed by atoms with Crippen LogP contribution in [0.5, 0.6) is 0 Å². The molecule has 1 aromatic carbocycles. The van der Waals surface area contributed by atoms with E-state index in [0.717, 1.165) is 0 Å². The topological polar surface area (TPSA) is 110 Å². The van der Waals surface area contributed by atoms with E-state index in [9.17, 15) is 14.4 Å². The van der Waals surface area contributed by atoms with Crippen molar-refractivity contribution >= 4 is 23.9 Å². The molecule has 0 amide bonds. The fourth-order valence-corrected chi connectivity index (χ4v) is 1.58. The number of esters is 1. The van der Waals surface area contributed by atoms with Crippen molar-refractivity contribution in [1.82, 2.24) is 0 Å². The van der Waals surface area contributed by atoms with Gasteiger partial charge in [0.1, 0.15) is 5.84 Å². The summed E-state index contributed by atoms with van der Waals surface area (Å²) in [5, 5.41) is 7.45. The minimum Gasteiger partial charge on any atom is -0.457 e. The molecule has 0 unspecified atom stereocenters. The highest BCUT2D eigenvalue weighted by molar-refractivity contribution is 6.13. The van der Waals surface area contributed by atoms with Crippen molar-refractivity contribution in [2.45, 2.75) is 20.8 Å². The Morgan fingerprint density at radius 1 is 1.33 bits per heavy atom. The smallest absolute Gasteiger partial charge is 0.311 e. The van der Waals surface area contributed by atoms with Crippen molar-refractivity contribution < 1.29 is 19.1 Å². The summed E-state index contributed by atoms with van der Waals surface area (Å²) in [6, 6.07) is 4.33. The molecule has 0 aliphatic heterocycles.